The molecule has 0 aliphatic heterocycles. The number of alkyl halides is 1. The first-order valence-electron chi connectivity index (χ1n) is 3.40. The molecule has 1 nitrogen and oxygen atoms in total. The highest BCUT2D eigenvalue weighted by atomic mass is 35.5. The summed E-state index contributed by atoms with van der Waals surface area (Å²) in [5.41, 5.74) is 0.302. The Kier molecular flexibility index (Phi) is 1.75. The molecule has 0 radical (unpaired) electrons. The smallest absolute Gasteiger partial charge is 0.0416 e. The van der Waals surface area contributed by atoms with Gasteiger partial charge in [-0.15, -0.1) is 11.6 Å². The average Bonchev–Trinajstić information content (AvgIpc) is 1.82. The van der Waals surface area contributed by atoms with E-state index in [0.717, 1.165) is 6.42 Å². The van der Waals surface area contributed by atoms with Gasteiger partial charge in [-0.2, -0.15) is 0 Å². The molecule has 0 amide bonds. The SMILES string of the molecule is CNC1CC(Cl)C1(C)C. The minimum Gasteiger partial charge on any atom is -0.316 e. The van der Waals surface area contributed by atoms with Crippen molar-refractivity contribution in [2.45, 2.75) is 31.7 Å². The molecule has 1 aliphatic rings. The molecule has 9 heavy (non-hydrogen) atoms. The molecular weight excluding hydrogens is 134 g/mol. The first-order chi connectivity index (χ1) is 4.09. The third-order valence-electron chi connectivity index (χ3n) is 2.50. The van der Waals surface area contributed by atoms with Crippen LogP contribution in [-0.4, -0.2) is 18.5 Å². The molecule has 0 aromatic heterocycles. The fourth-order valence-electron chi connectivity index (χ4n) is 1.36. The molecule has 0 spiro atoms. The van der Waals surface area contributed by atoms with Gasteiger partial charge in [0, 0.05) is 11.4 Å². The predicted octanol–water partition coefficient (Wildman–Crippen LogP) is 1.61. The summed E-state index contributed by atoms with van der Waals surface area (Å²) in [4.78, 5) is 0. The van der Waals surface area contributed by atoms with E-state index in [-0.39, 0.29) is 0 Å². The molecular formula is C7H14ClN. The van der Waals surface area contributed by atoms with Crippen molar-refractivity contribution in [2.24, 2.45) is 5.41 Å². The molecule has 0 aromatic rings. The van der Waals surface area contributed by atoms with Crippen LogP contribution in [0.15, 0.2) is 0 Å². The molecule has 2 atom stereocenters. The fourth-order valence-corrected chi connectivity index (χ4v) is 1.69. The Morgan fingerprint density at radius 1 is 1.56 bits per heavy atom. The Hall–Kier alpha value is 0.250. The van der Waals surface area contributed by atoms with Crippen molar-refractivity contribution in [1.29, 1.82) is 0 Å². The second-order valence-corrected chi connectivity index (χ2v) is 3.89. The Morgan fingerprint density at radius 2 is 2.11 bits per heavy atom. The van der Waals surface area contributed by atoms with Gasteiger partial charge in [0.25, 0.3) is 0 Å². The van der Waals surface area contributed by atoms with Crippen molar-refractivity contribution in [3.05, 3.63) is 0 Å². The van der Waals surface area contributed by atoms with Crippen LogP contribution in [0.5, 0.6) is 0 Å². The minimum atomic E-state index is 0.302. The lowest BCUT2D eigenvalue weighted by molar-refractivity contribution is 0.124. The van der Waals surface area contributed by atoms with E-state index in [1.165, 1.54) is 0 Å². The molecule has 1 fully saturated rings. The van der Waals surface area contributed by atoms with Crippen molar-refractivity contribution in [3.8, 4) is 0 Å². The highest BCUT2D eigenvalue weighted by Crippen LogP contribution is 2.43. The summed E-state index contributed by atoms with van der Waals surface area (Å²) in [6.07, 6.45) is 1.12. The van der Waals surface area contributed by atoms with Gasteiger partial charge in [-0.1, -0.05) is 13.8 Å². The van der Waals surface area contributed by atoms with E-state index in [4.69, 9.17) is 11.6 Å². The van der Waals surface area contributed by atoms with E-state index in [0.29, 0.717) is 16.8 Å². The van der Waals surface area contributed by atoms with Crippen LogP contribution in [0.1, 0.15) is 20.3 Å². The van der Waals surface area contributed by atoms with Crippen molar-refractivity contribution >= 4 is 11.6 Å². The molecule has 2 heteroatoms. The zero-order valence-electron chi connectivity index (χ0n) is 6.24. The topological polar surface area (TPSA) is 12.0 Å². The van der Waals surface area contributed by atoms with Crippen LogP contribution in [-0.2, 0) is 0 Å². The zero-order valence-corrected chi connectivity index (χ0v) is 7.00. The zero-order chi connectivity index (χ0) is 7.07. The van der Waals surface area contributed by atoms with E-state index in [2.05, 4.69) is 19.2 Å². The molecule has 0 bridgehead atoms. The third kappa shape index (κ3) is 0.968. The van der Waals surface area contributed by atoms with Gasteiger partial charge >= 0.3 is 0 Å². The van der Waals surface area contributed by atoms with Crippen LogP contribution >= 0.6 is 11.6 Å². The standard InChI is InChI=1S/C7H14ClN/c1-7(2)5(8)4-6(7)9-3/h5-6,9H,4H2,1-3H3. The van der Waals surface area contributed by atoms with Crippen molar-refractivity contribution in [3.63, 3.8) is 0 Å². The number of nitrogens with one attached hydrogen (secondary N) is 1. The lowest BCUT2D eigenvalue weighted by atomic mass is 9.67. The maximum absolute atomic E-state index is 5.97. The molecule has 1 aliphatic carbocycles. The van der Waals surface area contributed by atoms with Crippen molar-refractivity contribution in [1.82, 2.24) is 5.32 Å². The third-order valence-corrected chi connectivity index (χ3v) is 3.24. The van der Waals surface area contributed by atoms with Gasteiger partial charge in [0.2, 0.25) is 0 Å². The Labute approximate surface area is 61.8 Å². The van der Waals surface area contributed by atoms with Gasteiger partial charge in [0.05, 0.1) is 0 Å². The summed E-state index contributed by atoms with van der Waals surface area (Å²) in [5, 5.41) is 3.61. The summed E-state index contributed by atoms with van der Waals surface area (Å²) in [7, 11) is 2.00. The predicted molar refractivity (Wildman–Crippen MR) is 40.9 cm³/mol. The minimum absolute atomic E-state index is 0.302. The lowest BCUT2D eigenvalue weighted by Crippen LogP contribution is -2.56. The van der Waals surface area contributed by atoms with E-state index < -0.39 is 0 Å². The molecule has 0 heterocycles. The second-order valence-electron chi connectivity index (χ2n) is 3.37. The van der Waals surface area contributed by atoms with Gasteiger partial charge in [-0.25, -0.2) is 0 Å². The number of hydrogen-bond acceptors (Lipinski definition) is 1. The number of hydrogen-bond donors (Lipinski definition) is 1. The Bertz CT molecular complexity index is 111. The Balaban J connectivity index is 2.48. The quantitative estimate of drug-likeness (QED) is 0.556. The highest BCUT2D eigenvalue weighted by molar-refractivity contribution is 6.21. The first kappa shape index (κ1) is 7.36. The van der Waals surface area contributed by atoms with Crippen LogP contribution in [0.25, 0.3) is 0 Å². The van der Waals surface area contributed by atoms with E-state index in [1.54, 1.807) is 0 Å². The van der Waals surface area contributed by atoms with Gasteiger partial charge in [0.1, 0.15) is 0 Å². The normalized spacial score (nSPS) is 40.0. The first-order valence-corrected chi connectivity index (χ1v) is 3.84. The summed E-state index contributed by atoms with van der Waals surface area (Å²) < 4.78 is 0. The summed E-state index contributed by atoms with van der Waals surface area (Å²) in [5.74, 6) is 0. The highest BCUT2D eigenvalue weighted by Gasteiger charge is 2.45. The monoisotopic (exact) mass is 147 g/mol. The van der Waals surface area contributed by atoms with Crippen LogP contribution in [0.3, 0.4) is 0 Å². The summed E-state index contributed by atoms with van der Waals surface area (Å²) >= 11 is 5.97. The second kappa shape index (κ2) is 2.14. The van der Waals surface area contributed by atoms with Crippen LogP contribution in [0, 0.1) is 5.41 Å². The van der Waals surface area contributed by atoms with E-state index >= 15 is 0 Å². The molecule has 0 aromatic carbocycles. The van der Waals surface area contributed by atoms with Crippen molar-refractivity contribution < 1.29 is 0 Å². The van der Waals surface area contributed by atoms with Gasteiger partial charge < -0.3 is 5.32 Å². The summed E-state index contributed by atoms with van der Waals surface area (Å²) in [6, 6.07) is 0.625. The van der Waals surface area contributed by atoms with Crippen LogP contribution in [0.4, 0.5) is 0 Å². The average molecular weight is 148 g/mol. The Morgan fingerprint density at radius 3 is 2.22 bits per heavy atom. The molecule has 1 saturated carbocycles. The largest absolute Gasteiger partial charge is 0.316 e. The van der Waals surface area contributed by atoms with Crippen molar-refractivity contribution in [2.75, 3.05) is 7.05 Å². The molecule has 1 N–H and O–H groups in total. The van der Waals surface area contributed by atoms with Crippen LogP contribution in [0.2, 0.25) is 0 Å². The number of halogens is 1. The molecule has 2 unspecified atom stereocenters. The van der Waals surface area contributed by atoms with Gasteiger partial charge in [-0.05, 0) is 18.9 Å². The van der Waals surface area contributed by atoms with Gasteiger partial charge in [-0.3, -0.25) is 0 Å². The number of rotatable bonds is 1. The maximum Gasteiger partial charge on any atom is 0.0416 e. The van der Waals surface area contributed by atoms with E-state index in [1.807, 2.05) is 7.05 Å². The molecule has 1 rings (SSSR count). The van der Waals surface area contributed by atoms with E-state index in [9.17, 15) is 0 Å². The molecule has 0 saturated heterocycles. The fraction of sp³-hybridized carbons (Fsp3) is 1.00. The molecule has 54 valence electrons. The maximum atomic E-state index is 5.97. The summed E-state index contributed by atoms with van der Waals surface area (Å²) in [6.45, 7) is 4.41. The van der Waals surface area contributed by atoms with Gasteiger partial charge in [0.15, 0.2) is 0 Å². The van der Waals surface area contributed by atoms with Crippen LogP contribution < -0.4 is 5.32 Å². The lowest BCUT2D eigenvalue weighted by Gasteiger charge is -2.48.